The van der Waals surface area contributed by atoms with E-state index in [1.54, 1.807) is 39.0 Å². The number of carbonyl (C=O) groups is 2. The van der Waals surface area contributed by atoms with Crippen molar-refractivity contribution in [3.63, 3.8) is 0 Å². The highest BCUT2D eigenvalue weighted by Crippen LogP contribution is 2.23. The van der Waals surface area contributed by atoms with Gasteiger partial charge in [0.2, 0.25) is 11.8 Å². The Bertz CT molecular complexity index is 567. The Morgan fingerprint density at radius 1 is 1.45 bits per heavy atom. The second-order valence-corrected chi connectivity index (χ2v) is 7.02. The fourth-order valence-corrected chi connectivity index (χ4v) is 4.06. The van der Waals surface area contributed by atoms with Crippen LogP contribution in [-0.4, -0.2) is 57.4 Å². The first-order chi connectivity index (χ1) is 10.6. The van der Waals surface area contributed by atoms with E-state index in [2.05, 4.69) is 4.98 Å². The largest absolute Gasteiger partial charge is 0.341 e. The van der Waals surface area contributed by atoms with Gasteiger partial charge in [0.25, 0.3) is 0 Å². The first-order valence-corrected chi connectivity index (χ1v) is 9.37. The second-order valence-electron chi connectivity index (χ2n) is 4.96. The molecule has 1 aliphatic heterocycles. The highest BCUT2D eigenvalue weighted by atomic mass is 32.2. The molecule has 2 heterocycles. The van der Waals surface area contributed by atoms with Gasteiger partial charge in [0, 0.05) is 30.3 Å². The fourth-order valence-electron chi connectivity index (χ4n) is 2.32. The molecule has 0 bridgehead atoms. The van der Waals surface area contributed by atoms with Gasteiger partial charge in [-0.15, -0.1) is 23.1 Å². The number of thioether (sulfide) groups is 1. The van der Waals surface area contributed by atoms with Gasteiger partial charge in [-0.3, -0.25) is 9.59 Å². The summed E-state index contributed by atoms with van der Waals surface area (Å²) in [6.45, 7) is 7.19. The number of thiazole rings is 1. The monoisotopic (exact) mass is 339 g/mol. The van der Waals surface area contributed by atoms with Crippen molar-refractivity contribution in [3.8, 4) is 0 Å². The molecule has 1 atom stereocenters. The molecule has 22 heavy (non-hydrogen) atoms. The summed E-state index contributed by atoms with van der Waals surface area (Å²) in [5, 5.41) is 2.88. The second kappa shape index (κ2) is 7.78. The molecule has 0 aliphatic carbocycles. The third kappa shape index (κ3) is 3.89. The van der Waals surface area contributed by atoms with Crippen molar-refractivity contribution in [2.24, 2.45) is 0 Å². The predicted octanol–water partition coefficient (Wildman–Crippen LogP) is 2.23. The standard InChI is InChI=1S/C15H21N3O2S2/c1-4-17(5-2)15(20)13-9-21-10-18(13)14(19)7-6-12-8-22-11(3)16-12/h6-8,13H,4-5,9-10H2,1-3H3/b7-6-/t13-/m1/s1. The molecule has 0 N–H and O–H groups in total. The van der Waals surface area contributed by atoms with Crippen molar-refractivity contribution in [1.82, 2.24) is 14.8 Å². The van der Waals surface area contributed by atoms with Crippen LogP contribution in [0.25, 0.3) is 6.08 Å². The lowest BCUT2D eigenvalue weighted by molar-refractivity contribution is -0.140. The summed E-state index contributed by atoms with van der Waals surface area (Å²) in [6, 6.07) is -0.348. The SMILES string of the molecule is CCN(CC)C(=O)[C@H]1CSCN1C(=O)/C=C\c1csc(C)n1. The van der Waals surface area contributed by atoms with E-state index in [1.807, 2.05) is 26.2 Å². The van der Waals surface area contributed by atoms with E-state index in [0.717, 1.165) is 10.7 Å². The minimum Gasteiger partial charge on any atom is -0.341 e. The van der Waals surface area contributed by atoms with Gasteiger partial charge >= 0.3 is 0 Å². The Morgan fingerprint density at radius 3 is 2.77 bits per heavy atom. The van der Waals surface area contributed by atoms with E-state index < -0.39 is 0 Å². The van der Waals surface area contributed by atoms with E-state index in [-0.39, 0.29) is 17.9 Å². The number of rotatable bonds is 5. The van der Waals surface area contributed by atoms with Gasteiger partial charge in [-0.25, -0.2) is 4.98 Å². The summed E-state index contributed by atoms with van der Waals surface area (Å²) in [7, 11) is 0. The third-order valence-corrected chi connectivity index (χ3v) is 5.36. The number of likely N-dealkylation sites (N-methyl/N-ethyl adjacent to an activating group) is 1. The van der Waals surface area contributed by atoms with Crippen molar-refractivity contribution in [2.45, 2.75) is 26.8 Å². The number of nitrogens with zero attached hydrogens (tertiary/aromatic N) is 3. The summed E-state index contributed by atoms with van der Waals surface area (Å²) in [6.07, 6.45) is 3.23. The highest BCUT2D eigenvalue weighted by Gasteiger charge is 2.35. The molecular formula is C15H21N3O2S2. The van der Waals surface area contributed by atoms with Crippen molar-refractivity contribution in [3.05, 3.63) is 22.2 Å². The average molecular weight is 339 g/mol. The molecule has 1 saturated heterocycles. The van der Waals surface area contributed by atoms with Crippen molar-refractivity contribution < 1.29 is 9.59 Å². The maximum Gasteiger partial charge on any atom is 0.248 e. The highest BCUT2D eigenvalue weighted by molar-refractivity contribution is 7.99. The number of carbonyl (C=O) groups excluding carboxylic acids is 2. The lowest BCUT2D eigenvalue weighted by atomic mass is 10.2. The summed E-state index contributed by atoms with van der Waals surface area (Å²) < 4.78 is 0. The van der Waals surface area contributed by atoms with E-state index in [4.69, 9.17) is 0 Å². The Morgan fingerprint density at radius 2 is 2.18 bits per heavy atom. The van der Waals surface area contributed by atoms with Crippen molar-refractivity contribution >= 4 is 41.0 Å². The number of amides is 2. The topological polar surface area (TPSA) is 53.5 Å². The molecule has 1 aliphatic rings. The van der Waals surface area contributed by atoms with Crippen LogP contribution >= 0.6 is 23.1 Å². The van der Waals surface area contributed by atoms with Crippen molar-refractivity contribution in [1.29, 1.82) is 0 Å². The van der Waals surface area contributed by atoms with E-state index in [9.17, 15) is 9.59 Å². The Kier molecular flexibility index (Phi) is 6.02. The van der Waals surface area contributed by atoms with Gasteiger partial charge in [0.05, 0.1) is 16.6 Å². The molecule has 2 rings (SSSR count). The lowest BCUT2D eigenvalue weighted by Gasteiger charge is -2.27. The van der Waals surface area contributed by atoms with Gasteiger partial charge in [0.15, 0.2) is 0 Å². The zero-order valence-electron chi connectivity index (χ0n) is 13.1. The lowest BCUT2D eigenvalue weighted by Crippen LogP contribution is -2.48. The molecule has 120 valence electrons. The van der Waals surface area contributed by atoms with E-state index >= 15 is 0 Å². The quantitative estimate of drug-likeness (QED) is 0.772. The molecule has 0 spiro atoms. The summed E-state index contributed by atoms with van der Waals surface area (Å²) in [5.41, 5.74) is 0.786. The Balaban J connectivity index is 2.04. The molecule has 2 amide bonds. The molecule has 1 fully saturated rings. The van der Waals surface area contributed by atoms with Gasteiger partial charge in [0.1, 0.15) is 6.04 Å². The zero-order chi connectivity index (χ0) is 16.1. The minimum absolute atomic E-state index is 0.0428. The van der Waals surface area contributed by atoms with Gasteiger partial charge in [-0.05, 0) is 26.8 Å². The molecule has 5 nitrogen and oxygen atoms in total. The van der Waals surface area contributed by atoms with E-state index in [0.29, 0.717) is 24.7 Å². The summed E-state index contributed by atoms with van der Waals surface area (Å²) >= 11 is 3.17. The van der Waals surface area contributed by atoms with E-state index in [1.165, 1.54) is 6.08 Å². The molecule has 1 aromatic rings. The molecule has 0 radical (unpaired) electrons. The summed E-state index contributed by atoms with van der Waals surface area (Å²) in [4.78, 5) is 32.6. The normalized spacial score (nSPS) is 18.1. The molecular weight excluding hydrogens is 318 g/mol. The molecule has 0 saturated carbocycles. The van der Waals surface area contributed by atoms with Crippen LogP contribution in [-0.2, 0) is 9.59 Å². The maximum absolute atomic E-state index is 12.5. The minimum atomic E-state index is -0.348. The van der Waals surface area contributed by atoms with Gasteiger partial charge < -0.3 is 9.80 Å². The number of aromatic nitrogens is 1. The smallest absolute Gasteiger partial charge is 0.248 e. The van der Waals surface area contributed by atoms with Crippen LogP contribution in [0.2, 0.25) is 0 Å². The number of hydrogen-bond acceptors (Lipinski definition) is 5. The Hall–Kier alpha value is -1.34. The maximum atomic E-state index is 12.5. The fraction of sp³-hybridized carbons (Fsp3) is 0.533. The Labute approximate surface area is 139 Å². The predicted molar refractivity (Wildman–Crippen MR) is 91.8 cm³/mol. The molecule has 0 unspecified atom stereocenters. The average Bonchev–Trinajstić information content (AvgIpc) is 3.14. The third-order valence-electron chi connectivity index (χ3n) is 3.56. The van der Waals surface area contributed by atoms with Crippen LogP contribution in [0.1, 0.15) is 24.5 Å². The van der Waals surface area contributed by atoms with Crippen LogP contribution in [0.15, 0.2) is 11.5 Å². The van der Waals surface area contributed by atoms with Gasteiger partial charge in [-0.2, -0.15) is 0 Å². The molecule has 1 aromatic heterocycles. The zero-order valence-corrected chi connectivity index (χ0v) is 14.7. The van der Waals surface area contributed by atoms with Crippen LogP contribution in [0.3, 0.4) is 0 Å². The first kappa shape index (κ1) is 17.0. The van der Waals surface area contributed by atoms with Crippen molar-refractivity contribution in [2.75, 3.05) is 24.7 Å². The van der Waals surface area contributed by atoms with Gasteiger partial charge in [-0.1, -0.05) is 0 Å². The summed E-state index contributed by atoms with van der Waals surface area (Å²) in [5.74, 6) is 1.16. The van der Waals surface area contributed by atoms with Crippen LogP contribution in [0.5, 0.6) is 0 Å². The van der Waals surface area contributed by atoms with Crippen LogP contribution in [0, 0.1) is 6.92 Å². The number of hydrogen-bond donors (Lipinski definition) is 0. The number of aryl methyl sites for hydroxylation is 1. The van der Waals surface area contributed by atoms with Crippen LogP contribution < -0.4 is 0 Å². The molecule has 7 heteroatoms. The van der Waals surface area contributed by atoms with Crippen LogP contribution in [0.4, 0.5) is 0 Å². The molecule has 0 aromatic carbocycles. The first-order valence-electron chi connectivity index (χ1n) is 7.34.